The molecule has 1 aliphatic heterocycles. The molecule has 1 fully saturated rings. The number of carbonyl (C=O) groups is 1. The molecule has 4 heteroatoms. The molecule has 148 valence electrons. The SMILES string of the molecule is O=C(NC(c1cccnc1)C1CCOCC1)C(c1ccccc1)c1ccccc1. The molecule has 0 bridgehead atoms. The zero-order valence-electron chi connectivity index (χ0n) is 16.4. The Hall–Kier alpha value is -2.98. The second kappa shape index (κ2) is 9.48. The number of hydrogen-bond acceptors (Lipinski definition) is 3. The van der Waals surface area contributed by atoms with Gasteiger partial charge < -0.3 is 10.1 Å². The van der Waals surface area contributed by atoms with E-state index in [0.717, 1.165) is 42.7 Å². The highest BCUT2D eigenvalue weighted by atomic mass is 16.5. The summed E-state index contributed by atoms with van der Waals surface area (Å²) in [5, 5.41) is 3.37. The molecule has 0 aliphatic carbocycles. The fourth-order valence-electron chi connectivity index (χ4n) is 4.11. The summed E-state index contributed by atoms with van der Waals surface area (Å²) in [6.07, 6.45) is 5.49. The average Bonchev–Trinajstić information content (AvgIpc) is 2.80. The van der Waals surface area contributed by atoms with Gasteiger partial charge in [0.05, 0.1) is 12.0 Å². The Bertz CT molecular complexity index is 854. The van der Waals surface area contributed by atoms with E-state index < -0.39 is 0 Å². The number of carbonyl (C=O) groups excluding carboxylic acids is 1. The molecule has 1 aromatic heterocycles. The number of benzene rings is 2. The summed E-state index contributed by atoms with van der Waals surface area (Å²) >= 11 is 0. The summed E-state index contributed by atoms with van der Waals surface area (Å²) < 4.78 is 5.55. The van der Waals surface area contributed by atoms with Crippen molar-refractivity contribution in [1.29, 1.82) is 0 Å². The van der Waals surface area contributed by atoms with Crippen molar-refractivity contribution in [3.8, 4) is 0 Å². The van der Waals surface area contributed by atoms with Crippen LogP contribution in [0, 0.1) is 5.92 Å². The Kier molecular flexibility index (Phi) is 6.32. The number of amides is 1. The van der Waals surface area contributed by atoms with E-state index >= 15 is 0 Å². The summed E-state index contributed by atoms with van der Waals surface area (Å²) in [4.78, 5) is 17.9. The second-order valence-electron chi connectivity index (χ2n) is 7.48. The van der Waals surface area contributed by atoms with Crippen LogP contribution in [0.2, 0.25) is 0 Å². The highest BCUT2D eigenvalue weighted by molar-refractivity contribution is 5.87. The topological polar surface area (TPSA) is 51.2 Å². The third kappa shape index (κ3) is 4.72. The maximum atomic E-state index is 13.6. The fraction of sp³-hybridized carbons (Fsp3) is 0.280. The van der Waals surface area contributed by atoms with Crippen LogP contribution in [0.15, 0.2) is 85.2 Å². The minimum atomic E-state index is -0.351. The summed E-state index contributed by atoms with van der Waals surface area (Å²) in [5.74, 6) is 0.00301. The molecule has 4 rings (SSSR count). The predicted octanol–water partition coefficient (Wildman–Crippen LogP) is 4.50. The highest BCUT2D eigenvalue weighted by Gasteiger charge is 2.30. The fourth-order valence-corrected chi connectivity index (χ4v) is 4.11. The first kappa shape index (κ1) is 19.3. The predicted molar refractivity (Wildman–Crippen MR) is 113 cm³/mol. The monoisotopic (exact) mass is 386 g/mol. The van der Waals surface area contributed by atoms with Crippen molar-refractivity contribution in [2.45, 2.75) is 24.8 Å². The van der Waals surface area contributed by atoms with Gasteiger partial charge in [-0.1, -0.05) is 66.7 Å². The molecule has 0 radical (unpaired) electrons. The summed E-state index contributed by atoms with van der Waals surface area (Å²) in [6, 6.07) is 23.9. The van der Waals surface area contributed by atoms with Gasteiger partial charge in [0.2, 0.25) is 5.91 Å². The molecule has 2 aromatic carbocycles. The smallest absolute Gasteiger partial charge is 0.232 e. The molecule has 1 atom stereocenters. The van der Waals surface area contributed by atoms with E-state index in [9.17, 15) is 4.79 Å². The van der Waals surface area contributed by atoms with Crippen LogP contribution in [0.1, 0.15) is 41.5 Å². The van der Waals surface area contributed by atoms with Gasteiger partial charge in [0, 0.05) is 25.6 Å². The van der Waals surface area contributed by atoms with Gasteiger partial charge in [-0.2, -0.15) is 0 Å². The second-order valence-corrected chi connectivity index (χ2v) is 7.48. The van der Waals surface area contributed by atoms with E-state index in [4.69, 9.17) is 4.74 Å². The summed E-state index contributed by atoms with van der Waals surface area (Å²) in [7, 11) is 0. The Morgan fingerprint density at radius 3 is 2.00 bits per heavy atom. The summed E-state index contributed by atoms with van der Waals surface area (Å²) in [6.45, 7) is 1.47. The first-order valence-corrected chi connectivity index (χ1v) is 10.2. The van der Waals surface area contributed by atoms with Gasteiger partial charge in [-0.3, -0.25) is 9.78 Å². The van der Waals surface area contributed by atoms with Crippen LogP contribution in [0.5, 0.6) is 0 Å². The van der Waals surface area contributed by atoms with Crippen LogP contribution in [0.3, 0.4) is 0 Å². The lowest BCUT2D eigenvalue weighted by molar-refractivity contribution is -0.123. The van der Waals surface area contributed by atoms with Gasteiger partial charge in [0.25, 0.3) is 0 Å². The summed E-state index contributed by atoms with van der Waals surface area (Å²) in [5.41, 5.74) is 3.04. The van der Waals surface area contributed by atoms with E-state index in [2.05, 4.69) is 10.3 Å². The molecule has 1 saturated heterocycles. The van der Waals surface area contributed by atoms with Crippen LogP contribution in [0.25, 0.3) is 0 Å². The molecular weight excluding hydrogens is 360 g/mol. The normalized spacial score (nSPS) is 15.8. The molecular formula is C25H26N2O2. The lowest BCUT2D eigenvalue weighted by atomic mass is 9.85. The van der Waals surface area contributed by atoms with Crippen LogP contribution in [-0.4, -0.2) is 24.1 Å². The van der Waals surface area contributed by atoms with Gasteiger partial charge >= 0.3 is 0 Å². The zero-order chi connectivity index (χ0) is 19.9. The van der Waals surface area contributed by atoms with Crippen molar-refractivity contribution in [2.24, 2.45) is 5.92 Å². The van der Waals surface area contributed by atoms with Crippen molar-refractivity contribution in [1.82, 2.24) is 10.3 Å². The van der Waals surface area contributed by atoms with Crippen molar-refractivity contribution in [3.05, 3.63) is 102 Å². The third-order valence-corrected chi connectivity index (χ3v) is 5.61. The third-order valence-electron chi connectivity index (χ3n) is 5.61. The number of rotatable bonds is 6. The molecule has 3 aromatic rings. The quantitative estimate of drug-likeness (QED) is 0.679. The molecule has 4 nitrogen and oxygen atoms in total. The largest absolute Gasteiger partial charge is 0.381 e. The van der Waals surface area contributed by atoms with E-state index in [0.29, 0.717) is 5.92 Å². The van der Waals surface area contributed by atoms with Crippen LogP contribution in [0.4, 0.5) is 0 Å². The number of pyridine rings is 1. The molecule has 29 heavy (non-hydrogen) atoms. The maximum absolute atomic E-state index is 13.6. The number of nitrogens with one attached hydrogen (secondary N) is 1. The maximum Gasteiger partial charge on any atom is 0.232 e. The zero-order valence-corrected chi connectivity index (χ0v) is 16.4. The Labute approximate surface area is 172 Å². The highest BCUT2D eigenvalue weighted by Crippen LogP contribution is 2.32. The molecule has 0 spiro atoms. The van der Waals surface area contributed by atoms with Gasteiger partial charge in [0.1, 0.15) is 0 Å². The van der Waals surface area contributed by atoms with Crippen LogP contribution >= 0.6 is 0 Å². The molecule has 0 saturated carbocycles. The van der Waals surface area contributed by atoms with E-state index in [1.54, 1.807) is 6.20 Å². The molecule has 2 heterocycles. The number of ether oxygens (including phenoxy) is 1. The minimum absolute atomic E-state index is 0.0164. The molecule has 1 N–H and O–H groups in total. The average molecular weight is 386 g/mol. The van der Waals surface area contributed by atoms with Crippen LogP contribution in [-0.2, 0) is 9.53 Å². The minimum Gasteiger partial charge on any atom is -0.381 e. The van der Waals surface area contributed by atoms with Gasteiger partial charge in [-0.05, 0) is 41.5 Å². The van der Waals surface area contributed by atoms with Gasteiger partial charge in [-0.15, -0.1) is 0 Å². The Morgan fingerprint density at radius 2 is 1.45 bits per heavy atom. The molecule has 1 unspecified atom stereocenters. The Balaban J connectivity index is 1.65. The van der Waals surface area contributed by atoms with Crippen molar-refractivity contribution in [2.75, 3.05) is 13.2 Å². The van der Waals surface area contributed by atoms with E-state index in [1.165, 1.54) is 0 Å². The first-order valence-electron chi connectivity index (χ1n) is 10.2. The number of aromatic nitrogens is 1. The van der Waals surface area contributed by atoms with Crippen LogP contribution < -0.4 is 5.32 Å². The van der Waals surface area contributed by atoms with E-state index in [-0.39, 0.29) is 17.9 Å². The lowest BCUT2D eigenvalue weighted by Gasteiger charge is -2.32. The Morgan fingerprint density at radius 1 is 0.862 bits per heavy atom. The standard InChI is InChI=1S/C25H26N2O2/c28-25(23(19-8-3-1-4-9-19)20-10-5-2-6-11-20)27-24(21-13-16-29-17-14-21)22-12-7-15-26-18-22/h1-12,15,18,21,23-24H,13-14,16-17H2,(H,27,28). The number of nitrogens with zero attached hydrogens (tertiary/aromatic N) is 1. The molecule has 1 amide bonds. The first-order chi connectivity index (χ1) is 14.3. The van der Waals surface area contributed by atoms with Gasteiger partial charge in [-0.25, -0.2) is 0 Å². The van der Waals surface area contributed by atoms with Crippen molar-refractivity contribution < 1.29 is 9.53 Å². The van der Waals surface area contributed by atoms with Gasteiger partial charge in [0.15, 0.2) is 0 Å². The van der Waals surface area contributed by atoms with Crippen molar-refractivity contribution in [3.63, 3.8) is 0 Å². The molecule has 1 aliphatic rings. The lowest BCUT2D eigenvalue weighted by Crippen LogP contribution is -2.38. The number of hydrogen-bond donors (Lipinski definition) is 1. The van der Waals surface area contributed by atoms with Crippen molar-refractivity contribution >= 4 is 5.91 Å². The van der Waals surface area contributed by atoms with E-state index in [1.807, 2.05) is 79.0 Å².